The monoisotopic (exact) mass is 412 g/mol. The third-order valence-electron chi connectivity index (χ3n) is 5.78. The third kappa shape index (κ3) is 5.18. The number of carbonyl (C=O) groups is 1. The Morgan fingerprint density at radius 2 is 1.74 bits per heavy atom. The summed E-state index contributed by atoms with van der Waals surface area (Å²) in [4.78, 5) is 21.9. The van der Waals surface area contributed by atoms with Crippen molar-refractivity contribution in [2.45, 2.75) is 45.1 Å². The average Bonchev–Trinajstić information content (AvgIpc) is 2.81. The summed E-state index contributed by atoms with van der Waals surface area (Å²) in [7, 11) is 0. The fourth-order valence-corrected chi connectivity index (χ4v) is 3.97. The lowest BCUT2D eigenvalue weighted by Gasteiger charge is -2.18. The number of aromatic nitrogens is 1. The van der Waals surface area contributed by atoms with Crippen LogP contribution in [0.1, 0.15) is 53.6 Å². The molecule has 1 aliphatic carbocycles. The van der Waals surface area contributed by atoms with E-state index in [4.69, 9.17) is 5.73 Å². The molecule has 0 unspecified atom stereocenters. The van der Waals surface area contributed by atoms with E-state index >= 15 is 0 Å². The van der Waals surface area contributed by atoms with Crippen molar-refractivity contribution in [3.05, 3.63) is 83.6 Å². The zero-order chi connectivity index (χ0) is 21.6. The summed E-state index contributed by atoms with van der Waals surface area (Å²) in [6.07, 6.45) is 7.73. The molecule has 5 nitrogen and oxygen atoms in total. The van der Waals surface area contributed by atoms with Crippen molar-refractivity contribution in [1.29, 1.82) is 0 Å². The SMILES string of the molecule is Cc1ccc(NC(=O)c2ccc(C(N)=NC3CCCCC3)cc2)cc1-c1ccccn1. The summed E-state index contributed by atoms with van der Waals surface area (Å²) in [5.74, 6) is 0.391. The van der Waals surface area contributed by atoms with Crippen LogP contribution in [0.3, 0.4) is 0 Å². The van der Waals surface area contributed by atoms with Gasteiger partial charge in [-0.25, -0.2) is 0 Å². The highest BCUT2D eigenvalue weighted by atomic mass is 16.1. The first-order chi connectivity index (χ1) is 15.1. The van der Waals surface area contributed by atoms with Crippen LogP contribution < -0.4 is 11.1 Å². The van der Waals surface area contributed by atoms with Gasteiger partial charge in [-0.15, -0.1) is 0 Å². The predicted molar refractivity (Wildman–Crippen MR) is 126 cm³/mol. The normalized spacial score (nSPS) is 14.9. The van der Waals surface area contributed by atoms with Crippen LogP contribution in [0, 0.1) is 6.92 Å². The molecule has 158 valence electrons. The molecule has 4 rings (SSSR count). The summed E-state index contributed by atoms with van der Waals surface area (Å²) in [6.45, 7) is 2.04. The Morgan fingerprint density at radius 3 is 2.45 bits per heavy atom. The second-order valence-corrected chi connectivity index (χ2v) is 8.08. The van der Waals surface area contributed by atoms with E-state index in [1.807, 2.05) is 55.5 Å². The molecule has 3 aromatic rings. The molecule has 0 radical (unpaired) electrons. The van der Waals surface area contributed by atoms with Gasteiger partial charge in [0.25, 0.3) is 5.91 Å². The highest BCUT2D eigenvalue weighted by molar-refractivity contribution is 6.05. The molecule has 0 saturated heterocycles. The first-order valence-corrected chi connectivity index (χ1v) is 10.9. The first kappa shape index (κ1) is 20.8. The smallest absolute Gasteiger partial charge is 0.255 e. The van der Waals surface area contributed by atoms with Crippen molar-refractivity contribution >= 4 is 17.4 Å². The molecular weight excluding hydrogens is 384 g/mol. The van der Waals surface area contributed by atoms with Crippen LogP contribution in [-0.4, -0.2) is 22.8 Å². The van der Waals surface area contributed by atoms with E-state index in [0.717, 1.165) is 40.9 Å². The Kier molecular flexibility index (Phi) is 6.41. The van der Waals surface area contributed by atoms with Crippen LogP contribution in [0.5, 0.6) is 0 Å². The van der Waals surface area contributed by atoms with Crippen LogP contribution in [0.25, 0.3) is 11.3 Å². The van der Waals surface area contributed by atoms with Crippen LogP contribution in [-0.2, 0) is 0 Å². The number of anilines is 1. The largest absolute Gasteiger partial charge is 0.383 e. The molecule has 0 bridgehead atoms. The number of amidine groups is 1. The van der Waals surface area contributed by atoms with Crippen molar-refractivity contribution in [2.24, 2.45) is 10.7 Å². The van der Waals surface area contributed by atoms with E-state index in [9.17, 15) is 4.79 Å². The average molecular weight is 413 g/mol. The Balaban J connectivity index is 1.46. The second kappa shape index (κ2) is 9.56. The van der Waals surface area contributed by atoms with Gasteiger partial charge in [-0.2, -0.15) is 0 Å². The minimum atomic E-state index is -0.162. The van der Waals surface area contributed by atoms with E-state index in [0.29, 0.717) is 17.4 Å². The molecule has 0 atom stereocenters. The third-order valence-corrected chi connectivity index (χ3v) is 5.78. The molecule has 31 heavy (non-hydrogen) atoms. The molecule has 5 heteroatoms. The summed E-state index contributed by atoms with van der Waals surface area (Å²) in [5, 5.41) is 2.98. The number of hydrogen-bond acceptors (Lipinski definition) is 3. The molecule has 0 aliphatic heterocycles. The summed E-state index contributed by atoms with van der Waals surface area (Å²) in [6, 6.07) is 19.3. The molecule has 1 saturated carbocycles. The minimum Gasteiger partial charge on any atom is -0.383 e. The van der Waals surface area contributed by atoms with E-state index in [2.05, 4.69) is 15.3 Å². The van der Waals surface area contributed by atoms with Gasteiger partial charge < -0.3 is 11.1 Å². The number of carbonyl (C=O) groups excluding carboxylic acids is 1. The van der Waals surface area contributed by atoms with Gasteiger partial charge in [-0.3, -0.25) is 14.8 Å². The van der Waals surface area contributed by atoms with E-state index in [1.54, 1.807) is 18.3 Å². The van der Waals surface area contributed by atoms with Crippen molar-refractivity contribution in [1.82, 2.24) is 4.98 Å². The van der Waals surface area contributed by atoms with Crippen molar-refractivity contribution in [3.63, 3.8) is 0 Å². The molecule has 1 fully saturated rings. The topological polar surface area (TPSA) is 80.4 Å². The predicted octanol–water partition coefficient (Wildman–Crippen LogP) is 5.35. The highest BCUT2D eigenvalue weighted by Gasteiger charge is 2.14. The number of nitrogens with zero attached hydrogens (tertiary/aromatic N) is 2. The van der Waals surface area contributed by atoms with E-state index in [-0.39, 0.29) is 5.91 Å². The number of pyridine rings is 1. The number of amides is 1. The maximum atomic E-state index is 12.8. The Hall–Kier alpha value is -3.47. The van der Waals surface area contributed by atoms with Crippen LogP contribution in [0.4, 0.5) is 5.69 Å². The number of benzene rings is 2. The lowest BCUT2D eigenvalue weighted by atomic mass is 9.96. The van der Waals surface area contributed by atoms with Crippen molar-refractivity contribution in [3.8, 4) is 11.3 Å². The minimum absolute atomic E-state index is 0.162. The molecule has 1 heterocycles. The van der Waals surface area contributed by atoms with E-state index in [1.165, 1.54) is 19.3 Å². The Morgan fingerprint density at radius 1 is 1.00 bits per heavy atom. The van der Waals surface area contributed by atoms with Gasteiger partial charge >= 0.3 is 0 Å². The lowest BCUT2D eigenvalue weighted by Crippen LogP contribution is -2.20. The maximum absolute atomic E-state index is 12.8. The second-order valence-electron chi connectivity index (χ2n) is 8.08. The molecule has 1 aliphatic rings. The van der Waals surface area contributed by atoms with Crippen molar-refractivity contribution < 1.29 is 4.79 Å². The maximum Gasteiger partial charge on any atom is 0.255 e. The zero-order valence-corrected chi connectivity index (χ0v) is 17.8. The lowest BCUT2D eigenvalue weighted by molar-refractivity contribution is 0.102. The van der Waals surface area contributed by atoms with Crippen LogP contribution in [0.15, 0.2) is 71.9 Å². The van der Waals surface area contributed by atoms with E-state index < -0.39 is 0 Å². The number of aryl methyl sites for hydroxylation is 1. The fraction of sp³-hybridized carbons (Fsp3) is 0.269. The summed E-state index contributed by atoms with van der Waals surface area (Å²) >= 11 is 0. The molecule has 1 aromatic heterocycles. The standard InChI is InChI=1S/C26H28N4O/c1-18-10-15-22(17-23(18)24-9-5-6-16-28-24)30-26(31)20-13-11-19(12-14-20)25(27)29-21-7-3-2-4-8-21/h5-6,9-17,21H,2-4,7-8H2,1H3,(H2,27,29)(H,30,31). The quantitative estimate of drug-likeness (QED) is 0.438. The number of hydrogen-bond donors (Lipinski definition) is 2. The van der Waals surface area contributed by atoms with Crippen LogP contribution in [0.2, 0.25) is 0 Å². The number of nitrogens with one attached hydrogen (secondary N) is 1. The summed E-state index contributed by atoms with van der Waals surface area (Å²) in [5.41, 5.74) is 11.4. The molecule has 3 N–H and O–H groups in total. The molecule has 2 aromatic carbocycles. The van der Waals surface area contributed by atoms with Gasteiger partial charge in [0.05, 0.1) is 11.7 Å². The van der Waals surface area contributed by atoms with Crippen LogP contribution >= 0.6 is 0 Å². The molecule has 1 amide bonds. The number of aliphatic imine (C=N–C) groups is 1. The van der Waals surface area contributed by atoms with Gasteiger partial charge in [0.15, 0.2) is 0 Å². The molecule has 0 spiro atoms. The van der Waals surface area contributed by atoms with Gasteiger partial charge in [0.1, 0.15) is 5.84 Å². The number of nitrogens with two attached hydrogens (primary N) is 1. The first-order valence-electron chi connectivity index (χ1n) is 10.9. The van der Waals surface area contributed by atoms with Gasteiger partial charge in [-0.1, -0.05) is 43.5 Å². The molecular formula is C26H28N4O. The van der Waals surface area contributed by atoms with Crippen molar-refractivity contribution in [2.75, 3.05) is 5.32 Å². The highest BCUT2D eigenvalue weighted by Crippen LogP contribution is 2.25. The van der Waals surface area contributed by atoms with Gasteiger partial charge in [-0.05, 0) is 61.7 Å². The fourth-order valence-electron chi connectivity index (χ4n) is 3.97. The Labute approximate surface area is 183 Å². The number of rotatable bonds is 5. The Bertz CT molecular complexity index is 1070. The van der Waals surface area contributed by atoms with Gasteiger partial charge in [0, 0.05) is 28.6 Å². The van der Waals surface area contributed by atoms with Gasteiger partial charge in [0.2, 0.25) is 0 Å². The zero-order valence-electron chi connectivity index (χ0n) is 17.8. The summed E-state index contributed by atoms with van der Waals surface area (Å²) < 4.78 is 0.